The van der Waals surface area contributed by atoms with Crippen LogP contribution in [0.15, 0.2) is 36.5 Å². The Morgan fingerprint density at radius 1 is 1.16 bits per heavy atom. The molecule has 1 aromatic carbocycles. The van der Waals surface area contributed by atoms with Crippen molar-refractivity contribution in [3.63, 3.8) is 0 Å². The molecule has 0 fully saturated rings. The molecule has 0 aliphatic rings. The molecule has 100 valence electrons. The Kier molecular flexibility index (Phi) is 3.66. The van der Waals surface area contributed by atoms with Crippen molar-refractivity contribution in [1.29, 1.82) is 0 Å². The molecule has 0 saturated heterocycles. The van der Waals surface area contributed by atoms with Crippen LogP contribution in [0.2, 0.25) is 5.02 Å². The molecule has 0 spiro atoms. The van der Waals surface area contributed by atoms with Crippen LogP contribution in [0.4, 0.5) is 24.7 Å². The number of anilines is 2. The van der Waals surface area contributed by atoms with E-state index >= 15 is 0 Å². The van der Waals surface area contributed by atoms with Gasteiger partial charge in [0.2, 0.25) is 0 Å². The SMILES string of the molecule is Cc1ccnc(Nc2cc(C(F)(F)F)ccc2Cl)c1. The zero-order chi connectivity index (χ0) is 14.0. The van der Waals surface area contributed by atoms with Gasteiger partial charge in [-0.1, -0.05) is 11.6 Å². The molecule has 19 heavy (non-hydrogen) atoms. The molecule has 6 heteroatoms. The topological polar surface area (TPSA) is 24.9 Å². The van der Waals surface area contributed by atoms with Gasteiger partial charge in [0, 0.05) is 6.20 Å². The van der Waals surface area contributed by atoms with E-state index in [1.807, 2.05) is 6.92 Å². The van der Waals surface area contributed by atoms with Crippen LogP contribution >= 0.6 is 11.6 Å². The minimum atomic E-state index is -4.40. The van der Waals surface area contributed by atoms with E-state index in [0.717, 1.165) is 17.7 Å². The van der Waals surface area contributed by atoms with Gasteiger partial charge in [0.05, 0.1) is 16.3 Å². The highest BCUT2D eigenvalue weighted by atomic mass is 35.5. The molecule has 0 bridgehead atoms. The van der Waals surface area contributed by atoms with Gasteiger partial charge in [0.1, 0.15) is 5.82 Å². The van der Waals surface area contributed by atoms with Crippen LogP contribution < -0.4 is 5.32 Å². The van der Waals surface area contributed by atoms with Crippen LogP contribution in [-0.2, 0) is 6.18 Å². The van der Waals surface area contributed by atoms with Crippen LogP contribution in [0, 0.1) is 6.92 Å². The number of aromatic nitrogens is 1. The minimum absolute atomic E-state index is 0.176. The van der Waals surface area contributed by atoms with Crippen LogP contribution in [0.3, 0.4) is 0 Å². The predicted molar refractivity (Wildman–Crippen MR) is 68.7 cm³/mol. The molecule has 2 rings (SSSR count). The highest BCUT2D eigenvalue weighted by Gasteiger charge is 2.30. The molecule has 0 aliphatic carbocycles. The summed E-state index contributed by atoms with van der Waals surface area (Å²) in [5, 5.41) is 2.99. The zero-order valence-electron chi connectivity index (χ0n) is 9.92. The molecule has 0 amide bonds. The first-order valence-corrected chi connectivity index (χ1v) is 5.80. The van der Waals surface area contributed by atoms with Crippen molar-refractivity contribution in [2.24, 2.45) is 0 Å². The summed E-state index contributed by atoms with van der Waals surface area (Å²) in [5.74, 6) is 0.446. The molecule has 0 unspecified atom stereocenters. The normalized spacial score (nSPS) is 11.4. The lowest BCUT2D eigenvalue weighted by Crippen LogP contribution is -2.05. The monoisotopic (exact) mass is 286 g/mol. The van der Waals surface area contributed by atoms with Crippen LogP contribution in [-0.4, -0.2) is 4.98 Å². The Labute approximate surface area is 113 Å². The Morgan fingerprint density at radius 2 is 1.89 bits per heavy atom. The van der Waals surface area contributed by atoms with Crippen LogP contribution in [0.25, 0.3) is 0 Å². The minimum Gasteiger partial charge on any atom is -0.339 e. The van der Waals surface area contributed by atoms with Crippen molar-refractivity contribution in [2.75, 3.05) is 5.32 Å². The van der Waals surface area contributed by atoms with E-state index in [9.17, 15) is 13.2 Å². The number of nitrogens with zero attached hydrogens (tertiary/aromatic N) is 1. The fourth-order valence-electron chi connectivity index (χ4n) is 1.54. The number of pyridine rings is 1. The lowest BCUT2D eigenvalue weighted by Gasteiger charge is -2.12. The van der Waals surface area contributed by atoms with E-state index < -0.39 is 11.7 Å². The average molecular weight is 287 g/mol. The lowest BCUT2D eigenvalue weighted by atomic mass is 10.2. The van der Waals surface area contributed by atoms with Gasteiger partial charge in [-0.25, -0.2) is 4.98 Å². The summed E-state index contributed by atoms with van der Waals surface area (Å²) in [6.45, 7) is 1.86. The zero-order valence-corrected chi connectivity index (χ0v) is 10.7. The van der Waals surface area contributed by atoms with Gasteiger partial charge in [-0.2, -0.15) is 13.2 Å². The standard InChI is InChI=1S/C13H10ClF3N2/c1-8-4-5-18-12(6-8)19-11-7-9(13(15,16)17)2-3-10(11)14/h2-7H,1H3,(H,18,19). The number of hydrogen-bond acceptors (Lipinski definition) is 2. The van der Waals surface area contributed by atoms with Crippen molar-refractivity contribution in [2.45, 2.75) is 13.1 Å². The molecule has 0 aliphatic heterocycles. The van der Waals surface area contributed by atoms with Gasteiger partial charge in [-0.3, -0.25) is 0 Å². The fourth-order valence-corrected chi connectivity index (χ4v) is 1.70. The summed E-state index contributed by atoms with van der Waals surface area (Å²) in [6.07, 6.45) is -2.83. The van der Waals surface area contributed by atoms with Gasteiger partial charge < -0.3 is 5.32 Å². The van der Waals surface area contributed by atoms with Gasteiger partial charge in [-0.15, -0.1) is 0 Å². The third-order valence-corrected chi connectivity index (χ3v) is 2.80. The molecule has 0 atom stereocenters. The first-order chi connectivity index (χ1) is 8.86. The quantitative estimate of drug-likeness (QED) is 0.857. The number of hydrogen-bond donors (Lipinski definition) is 1. The summed E-state index contributed by atoms with van der Waals surface area (Å²) < 4.78 is 37.8. The van der Waals surface area contributed by atoms with Gasteiger partial charge >= 0.3 is 6.18 Å². The Bertz CT molecular complexity index is 597. The van der Waals surface area contributed by atoms with E-state index in [0.29, 0.717) is 5.82 Å². The van der Waals surface area contributed by atoms with E-state index in [-0.39, 0.29) is 10.7 Å². The highest BCUT2D eigenvalue weighted by Crippen LogP contribution is 2.34. The lowest BCUT2D eigenvalue weighted by molar-refractivity contribution is -0.137. The van der Waals surface area contributed by atoms with Crippen LogP contribution in [0.1, 0.15) is 11.1 Å². The maximum atomic E-state index is 12.6. The Balaban J connectivity index is 2.34. The second kappa shape index (κ2) is 5.09. The maximum Gasteiger partial charge on any atom is 0.416 e. The van der Waals surface area contributed by atoms with Gasteiger partial charge in [0.15, 0.2) is 0 Å². The van der Waals surface area contributed by atoms with E-state index in [4.69, 9.17) is 11.6 Å². The van der Waals surface area contributed by atoms with E-state index in [1.165, 1.54) is 6.07 Å². The predicted octanol–water partition coefficient (Wildman–Crippen LogP) is 4.81. The Morgan fingerprint density at radius 3 is 2.53 bits per heavy atom. The third kappa shape index (κ3) is 3.38. The first-order valence-electron chi connectivity index (χ1n) is 5.43. The smallest absolute Gasteiger partial charge is 0.339 e. The molecule has 2 nitrogen and oxygen atoms in total. The molecule has 1 aromatic heterocycles. The van der Waals surface area contributed by atoms with Crippen LogP contribution in [0.5, 0.6) is 0 Å². The number of rotatable bonds is 2. The summed E-state index contributed by atoms with van der Waals surface area (Å²) in [5.41, 5.74) is 0.363. The second-order valence-electron chi connectivity index (χ2n) is 4.04. The first kappa shape index (κ1) is 13.7. The molecule has 1 heterocycles. The molecular weight excluding hydrogens is 277 g/mol. The number of nitrogens with one attached hydrogen (secondary N) is 1. The number of halogens is 4. The summed E-state index contributed by atoms with van der Waals surface area (Å²) in [4.78, 5) is 4.02. The molecular formula is C13H10ClF3N2. The molecule has 1 N–H and O–H groups in total. The fraction of sp³-hybridized carbons (Fsp3) is 0.154. The average Bonchev–Trinajstić information content (AvgIpc) is 2.30. The van der Waals surface area contributed by atoms with Crippen molar-refractivity contribution >= 4 is 23.1 Å². The highest BCUT2D eigenvalue weighted by molar-refractivity contribution is 6.33. The van der Waals surface area contributed by atoms with Crippen molar-refractivity contribution in [3.05, 3.63) is 52.7 Å². The summed E-state index contributed by atoms with van der Waals surface area (Å²) in [6, 6.07) is 6.63. The van der Waals surface area contributed by atoms with Crippen molar-refractivity contribution in [1.82, 2.24) is 4.98 Å². The third-order valence-electron chi connectivity index (χ3n) is 2.47. The largest absolute Gasteiger partial charge is 0.416 e. The van der Waals surface area contributed by atoms with E-state index in [2.05, 4.69) is 10.3 Å². The van der Waals surface area contributed by atoms with E-state index in [1.54, 1.807) is 18.3 Å². The second-order valence-corrected chi connectivity index (χ2v) is 4.44. The summed E-state index contributed by atoms with van der Waals surface area (Å²) >= 11 is 5.88. The Hall–Kier alpha value is -1.75. The van der Waals surface area contributed by atoms with Gasteiger partial charge in [0.25, 0.3) is 0 Å². The van der Waals surface area contributed by atoms with Gasteiger partial charge in [-0.05, 0) is 42.8 Å². The number of aryl methyl sites for hydroxylation is 1. The maximum absolute atomic E-state index is 12.6. The summed E-state index contributed by atoms with van der Waals surface area (Å²) in [7, 11) is 0. The molecule has 2 aromatic rings. The number of benzene rings is 1. The molecule has 0 saturated carbocycles. The van der Waals surface area contributed by atoms with Crippen molar-refractivity contribution < 1.29 is 13.2 Å². The number of alkyl halides is 3. The molecule has 0 radical (unpaired) electrons. The van der Waals surface area contributed by atoms with Crippen molar-refractivity contribution in [3.8, 4) is 0 Å².